The summed E-state index contributed by atoms with van der Waals surface area (Å²) in [5.74, 6) is 0. The summed E-state index contributed by atoms with van der Waals surface area (Å²) in [4.78, 5) is 0. The summed E-state index contributed by atoms with van der Waals surface area (Å²) in [6.45, 7) is 7.15. The van der Waals surface area contributed by atoms with Crippen LogP contribution in [-0.4, -0.2) is 0 Å². The Labute approximate surface area is 139 Å². The molecule has 0 spiro atoms. The van der Waals surface area contributed by atoms with Crippen LogP contribution < -0.4 is 0 Å². The van der Waals surface area contributed by atoms with Crippen LogP contribution in [0.1, 0.15) is 44.7 Å². The van der Waals surface area contributed by atoms with Gasteiger partial charge in [-0.3, -0.25) is 0 Å². The molecule has 0 fully saturated rings. The van der Waals surface area contributed by atoms with Crippen LogP contribution in [0.3, 0.4) is 0 Å². The third-order valence-electron chi connectivity index (χ3n) is 5.66. The first-order valence-electron chi connectivity index (χ1n) is 8.57. The molecule has 1 aromatic carbocycles. The second-order valence-corrected chi connectivity index (χ2v) is 7.94. The van der Waals surface area contributed by atoms with E-state index in [0.717, 1.165) is 12.8 Å². The molecule has 0 bridgehead atoms. The average Bonchev–Trinajstić information content (AvgIpc) is 3.14. The monoisotopic (exact) mass is 300 g/mol. The maximum absolute atomic E-state index is 2.45. The largest absolute Gasteiger partial charge is 0.0805 e. The predicted octanol–water partition coefficient (Wildman–Crippen LogP) is 6.35. The van der Waals surface area contributed by atoms with Crippen LogP contribution in [0.5, 0.6) is 0 Å². The zero-order chi connectivity index (χ0) is 16.1. The smallest absolute Gasteiger partial charge is 0.0227 e. The van der Waals surface area contributed by atoms with E-state index >= 15 is 0 Å². The molecule has 0 heterocycles. The van der Waals surface area contributed by atoms with E-state index in [9.17, 15) is 0 Å². The molecule has 3 aliphatic carbocycles. The summed E-state index contributed by atoms with van der Waals surface area (Å²) in [5.41, 5.74) is 7.45. The van der Waals surface area contributed by atoms with Gasteiger partial charge in [0.15, 0.2) is 0 Å². The molecular weight excluding hydrogens is 276 g/mol. The second kappa shape index (κ2) is 4.96. The fourth-order valence-corrected chi connectivity index (χ4v) is 4.25. The summed E-state index contributed by atoms with van der Waals surface area (Å²) < 4.78 is 0. The molecule has 0 heteroatoms. The highest BCUT2D eigenvalue weighted by Gasteiger charge is 2.46. The fourth-order valence-electron chi connectivity index (χ4n) is 4.25. The molecule has 3 aliphatic rings. The van der Waals surface area contributed by atoms with E-state index in [-0.39, 0.29) is 10.8 Å². The van der Waals surface area contributed by atoms with Crippen molar-refractivity contribution in [1.82, 2.24) is 0 Å². The lowest BCUT2D eigenvalue weighted by Crippen LogP contribution is -2.37. The molecule has 0 N–H and O–H groups in total. The van der Waals surface area contributed by atoms with E-state index in [1.807, 2.05) is 0 Å². The van der Waals surface area contributed by atoms with E-state index in [1.54, 1.807) is 5.57 Å². The minimum absolute atomic E-state index is 0.0634. The lowest BCUT2D eigenvalue weighted by atomic mass is 9.57. The number of benzene rings is 1. The third-order valence-corrected chi connectivity index (χ3v) is 5.66. The first kappa shape index (κ1) is 14.5. The normalized spacial score (nSPS) is 24.9. The Morgan fingerprint density at radius 2 is 1.87 bits per heavy atom. The maximum Gasteiger partial charge on any atom is 0.0227 e. The van der Waals surface area contributed by atoms with Crippen LogP contribution in [0.2, 0.25) is 0 Å². The molecule has 0 saturated heterocycles. The van der Waals surface area contributed by atoms with Gasteiger partial charge in [0.2, 0.25) is 0 Å². The van der Waals surface area contributed by atoms with Crippen molar-refractivity contribution in [3.05, 3.63) is 83.0 Å². The van der Waals surface area contributed by atoms with E-state index in [1.165, 1.54) is 22.3 Å². The molecule has 1 unspecified atom stereocenters. The van der Waals surface area contributed by atoms with Crippen molar-refractivity contribution >= 4 is 11.6 Å². The minimum Gasteiger partial charge on any atom is -0.0805 e. The summed E-state index contributed by atoms with van der Waals surface area (Å²) >= 11 is 0. The number of hydrogen-bond donors (Lipinski definition) is 0. The molecule has 116 valence electrons. The quantitative estimate of drug-likeness (QED) is 0.597. The van der Waals surface area contributed by atoms with Crippen LogP contribution in [0, 0.1) is 10.8 Å². The molecule has 0 saturated carbocycles. The Morgan fingerprint density at radius 1 is 1.04 bits per heavy atom. The second-order valence-electron chi connectivity index (χ2n) is 7.94. The Hall–Kier alpha value is -2.08. The molecule has 0 nitrogen and oxygen atoms in total. The van der Waals surface area contributed by atoms with Crippen LogP contribution in [0.25, 0.3) is 11.6 Å². The fraction of sp³-hybridized carbons (Fsp3) is 0.304. The molecule has 0 radical (unpaired) electrons. The van der Waals surface area contributed by atoms with E-state index in [2.05, 4.69) is 87.6 Å². The minimum atomic E-state index is 0.0634. The highest BCUT2D eigenvalue weighted by Crippen LogP contribution is 2.59. The van der Waals surface area contributed by atoms with Gasteiger partial charge in [-0.15, -0.1) is 0 Å². The van der Waals surface area contributed by atoms with Crippen molar-refractivity contribution in [2.45, 2.75) is 33.6 Å². The first-order chi connectivity index (χ1) is 11.0. The highest BCUT2D eigenvalue weighted by atomic mass is 14.5. The number of allylic oxidation sites excluding steroid dienone is 9. The van der Waals surface area contributed by atoms with Gasteiger partial charge in [0.1, 0.15) is 0 Å². The van der Waals surface area contributed by atoms with Gasteiger partial charge in [0.05, 0.1) is 0 Å². The summed E-state index contributed by atoms with van der Waals surface area (Å²) in [7, 11) is 0. The molecule has 0 aliphatic heterocycles. The van der Waals surface area contributed by atoms with Crippen LogP contribution in [-0.2, 0) is 0 Å². The van der Waals surface area contributed by atoms with Gasteiger partial charge in [0.25, 0.3) is 0 Å². The molecule has 1 aromatic rings. The van der Waals surface area contributed by atoms with E-state index in [0.29, 0.717) is 0 Å². The summed E-state index contributed by atoms with van der Waals surface area (Å²) in [5, 5.41) is 0. The van der Waals surface area contributed by atoms with E-state index < -0.39 is 0 Å². The molecule has 0 aromatic heterocycles. The van der Waals surface area contributed by atoms with E-state index in [4.69, 9.17) is 0 Å². The van der Waals surface area contributed by atoms with Crippen LogP contribution >= 0.6 is 0 Å². The number of hydrogen-bond acceptors (Lipinski definition) is 0. The zero-order valence-corrected chi connectivity index (χ0v) is 14.3. The molecular formula is C23H24. The molecule has 23 heavy (non-hydrogen) atoms. The maximum atomic E-state index is 2.45. The summed E-state index contributed by atoms with van der Waals surface area (Å²) in [6, 6.07) is 8.79. The zero-order valence-electron chi connectivity index (χ0n) is 14.3. The standard InChI is InChI=1S/C23H24/c1-22(2,3)23(16-17-9-4-5-10-17)14-8-13-20-19-12-7-6-11-18(19)15-21(20)23/h4-9,11-15H,10,16H2,1-3H3. The third kappa shape index (κ3) is 2.12. The Balaban J connectivity index is 1.85. The van der Waals surface area contributed by atoms with Crippen LogP contribution in [0.15, 0.2) is 71.9 Å². The number of rotatable bonds is 2. The Bertz CT molecular complexity index is 803. The van der Waals surface area contributed by atoms with Gasteiger partial charge >= 0.3 is 0 Å². The topological polar surface area (TPSA) is 0 Å². The van der Waals surface area contributed by atoms with Crippen molar-refractivity contribution < 1.29 is 0 Å². The SMILES string of the molecule is CC(C)(C)C1(CC2=CC=CC2)C=CC=C2C1=Cc1ccccc12. The predicted molar refractivity (Wildman–Crippen MR) is 99.9 cm³/mol. The molecule has 1 atom stereocenters. The van der Waals surface area contributed by atoms with Crippen molar-refractivity contribution in [2.75, 3.05) is 0 Å². The van der Waals surface area contributed by atoms with Crippen molar-refractivity contribution in [3.8, 4) is 0 Å². The molecule has 4 rings (SSSR count). The Kier molecular flexibility index (Phi) is 3.13. The van der Waals surface area contributed by atoms with Gasteiger partial charge in [-0.2, -0.15) is 0 Å². The van der Waals surface area contributed by atoms with Crippen LogP contribution in [0.4, 0.5) is 0 Å². The highest BCUT2D eigenvalue weighted by molar-refractivity contribution is 5.97. The van der Waals surface area contributed by atoms with Gasteiger partial charge in [-0.05, 0) is 46.6 Å². The van der Waals surface area contributed by atoms with Crippen molar-refractivity contribution in [3.63, 3.8) is 0 Å². The van der Waals surface area contributed by atoms with Gasteiger partial charge in [-0.1, -0.05) is 87.1 Å². The first-order valence-corrected chi connectivity index (χ1v) is 8.57. The van der Waals surface area contributed by atoms with Crippen molar-refractivity contribution in [2.24, 2.45) is 10.8 Å². The average molecular weight is 300 g/mol. The molecule has 0 amide bonds. The number of fused-ring (bicyclic) bond motifs is 3. The van der Waals surface area contributed by atoms with Crippen molar-refractivity contribution in [1.29, 1.82) is 0 Å². The lowest BCUT2D eigenvalue weighted by Gasteiger charge is -2.46. The Morgan fingerprint density at radius 3 is 2.61 bits per heavy atom. The van der Waals surface area contributed by atoms with Gasteiger partial charge < -0.3 is 0 Å². The lowest BCUT2D eigenvalue weighted by molar-refractivity contribution is 0.194. The van der Waals surface area contributed by atoms with Gasteiger partial charge in [-0.25, -0.2) is 0 Å². The summed E-state index contributed by atoms with van der Waals surface area (Å²) in [6.07, 6.45) is 18.4. The van der Waals surface area contributed by atoms with Gasteiger partial charge in [0, 0.05) is 5.41 Å².